The van der Waals surface area contributed by atoms with Crippen molar-refractivity contribution in [2.24, 2.45) is 5.10 Å². The minimum atomic E-state index is -0.501. The molecule has 0 aliphatic carbocycles. The van der Waals surface area contributed by atoms with E-state index in [2.05, 4.69) is 10.5 Å². The van der Waals surface area contributed by atoms with Gasteiger partial charge < -0.3 is 14.2 Å². The number of nitrogens with one attached hydrogen (secondary N) is 1. The normalized spacial score (nSPS) is 10.5. The lowest BCUT2D eigenvalue weighted by molar-refractivity contribution is -0.385. The number of aryl methyl sites for hydroxylation is 1. The van der Waals surface area contributed by atoms with Gasteiger partial charge in [-0.3, -0.25) is 14.9 Å². The smallest absolute Gasteiger partial charge is 0.272 e. The van der Waals surface area contributed by atoms with Crippen LogP contribution in [0.5, 0.6) is 17.2 Å². The number of ether oxygens (including phenoxy) is 3. The number of nitro benzene ring substituents is 1. The summed E-state index contributed by atoms with van der Waals surface area (Å²) in [5.41, 5.74) is 3.53. The van der Waals surface area contributed by atoms with Crippen molar-refractivity contribution in [1.29, 1.82) is 0 Å². The molecule has 2 aromatic carbocycles. The van der Waals surface area contributed by atoms with Gasteiger partial charge in [0, 0.05) is 22.8 Å². The van der Waals surface area contributed by atoms with Crippen molar-refractivity contribution < 1.29 is 23.9 Å². The molecule has 0 unspecified atom stereocenters. The van der Waals surface area contributed by atoms with Crippen molar-refractivity contribution in [3.05, 3.63) is 57.1 Å². The summed E-state index contributed by atoms with van der Waals surface area (Å²) >= 11 is 0. The Hall–Kier alpha value is -3.62. The van der Waals surface area contributed by atoms with Gasteiger partial charge in [-0.05, 0) is 31.2 Å². The molecule has 0 atom stereocenters. The minimum Gasteiger partial charge on any atom is -0.493 e. The molecular formula is C18H19N3O6. The van der Waals surface area contributed by atoms with Crippen LogP contribution < -0.4 is 19.6 Å². The number of carbonyl (C=O) groups excluding carboxylic acids is 1. The topological polar surface area (TPSA) is 112 Å². The average molecular weight is 373 g/mol. The van der Waals surface area contributed by atoms with E-state index in [9.17, 15) is 14.9 Å². The van der Waals surface area contributed by atoms with Gasteiger partial charge in [-0.1, -0.05) is 0 Å². The summed E-state index contributed by atoms with van der Waals surface area (Å²) in [5, 5.41) is 14.8. The Morgan fingerprint density at radius 2 is 1.81 bits per heavy atom. The van der Waals surface area contributed by atoms with Gasteiger partial charge in [-0.25, -0.2) is 5.43 Å². The van der Waals surface area contributed by atoms with E-state index < -0.39 is 10.8 Å². The maximum Gasteiger partial charge on any atom is 0.272 e. The number of nitro groups is 1. The third-order valence-electron chi connectivity index (χ3n) is 3.76. The second-order valence-electron chi connectivity index (χ2n) is 5.38. The molecule has 0 fully saturated rings. The maximum absolute atomic E-state index is 12.2. The van der Waals surface area contributed by atoms with Crippen LogP contribution in [0.3, 0.4) is 0 Å². The predicted octanol–water partition coefficient (Wildman–Crippen LogP) is 2.69. The number of carbonyl (C=O) groups is 1. The number of nitrogens with zero attached hydrogens (tertiary/aromatic N) is 2. The fourth-order valence-electron chi connectivity index (χ4n) is 2.45. The quantitative estimate of drug-likeness (QED) is 0.454. The molecular weight excluding hydrogens is 354 g/mol. The van der Waals surface area contributed by atoms with Crippen LogP contribution in [-0.4, -0.2) is 38.4 Å². The second-order valence-corrected chi connectivity index (χ2v) is 5.38. The van der Waals surface area contributed by atoms with Crippen LogP contribution in [0, 0.1) is 17.0 Å². The van der Waals surface area contributed by atoms with Crippen molar-refractivity contribution in [3.63, 3.8) is 0 Å². The molecule has 0 saturated heterocycles. The van der Waals surface area contributed by atoms with E-state index >= 15 is 0 Å². The molecule has 0 saturated carbocycles. The number of benzene rings is 2. The van der Waals surface area contributed by atoms with E-state index in [1.165, 1.54) is 45.7 Å². The largest absolute Gasteiger partial charge is 0.493 e. The molecule has 0 aliphatic rings. The summed E-state index contributed by atoms with van der Waals surface area (Å²) in [7, 11) is 4.48. The Balaban J connectivity index is 2.19. The number of rotatable bonds is 7. The van der Waals surface area contributed by atoms with Crippen molar-refractivity contribution >= 4 is 17.8 Å². The summed E-state index contributed by atoms with van der Waals surface area (Å²) in [6.45, 7) is 1.56. The Morgan fingerprint density at radius 3 is 2.37 bits per heavy atom. The molecule has 142 valence electrons. The van der Waals surface area contributed by atoms with Crippen LogP contribution in [0.1, 0.15) is 21.5 Å². The number of hydrogen-bond acceptors (Lipinski definition) is 7. The van der Waals surface area contributed by atoms with Crippen LogP contribution in [0.2, 0.25) is 0 Å². The van der Waals surface area contributed by atoms with Gasteiger partial charge in [0.25, 0.3) is 11.6 Å². The van der Waals surface area contributed by atoms with Crippen molar-refractivity contribution in [3.8, 4) is 17.2 Å². The average Bonchev–Trinajstić information content (AvgIpc) is 2.66. The van der Waals surface area contributed by atoms with Crippen LogP contribution in [0.25, 0.3) is 0 Å². The molecule has 0 spiro atoms. The first kappa shape index (κ1) is 19.7. The lowest BCUT2D eigenvalue weighted by atomic mass is 10.1. The van der Waals surface area contributed by atoms with Crippen LogP contribution in [0.15, 0.2) is 35.4 Å². The summed E-state index contributed by atoms with van der Waals surface area (Å²) in [6, 6.07) is 7.47. The molecule has 0 bridgehead atoms. The summed E-state index contributed by atoms with van der Waals surface area (Å²) < 4.78 is 15.8. The zero-order chi connectivity index (χ0) is 20.0. The van der Waals surface area contributed by atoms with E-state index in [1.807, 2.05) is 0 Å². The van der Waals surface area contributed by atoms with E-state index in [1.54, 1.807) is 19.1 Å². The number of hydrazone groups is 1. The molecule has 0 aliphatic heterocycles. The molecule has 0 radical (unpaired) electrons. The molecule has 2 aromatic rings. The molecule has 0 aromatic heterocycles. The van der Waals surface area contributed by atoms with Gasteiger partial charge in [-0.2, -0.15) is 5.10 Å². The third-order valence-corrected chi connectivity index (χ3v) is 3.76. The number of hydrogen-bond donors (Lipinski definition) is 1. The number of amides is 1. The van der Waals surface area contributed by atoms with Gasteiger partial charge in [0.05, 0.1) is 32.5 Å². The van der Waals surface area contributed by atoms with Gasteiger partial charge in [0.15, 0.2) is 11.5 Å². The number of methoxy groups -OCH3 is 3. The Labute approximate surface area is 155 Å². The highest BCUT2D eigenvalue weighted by atomic mass is 16.6. The first-order valence-electron chi connectivity index (χ1n) is 7.80. The van der Waals surface area contributed by atoms with E-state index in [0.717, 1.165) is 0 Å². The zero-order valence-corrected chi connectivity index (χ0v) is 15.3. The van der Waals surface area contributed by atoms with E-state index in [-0.39, 0.29) is 11.3 Å². The molecule has 9 heteroatoms. The lowest BCUT2D eigenvalue weighted by Crippen LogP contribution is -2.18. The first-order chi connectivity index (χ1) is 12.9. The van der Waals surface area contributed by atoms with Crippen LogP contribution in [-0.2, 0) is 0 Å². The lowest BCUT2D eigenvalue weighted by Gasteiger charge is -2.13. The molecule has 2 rings (SSSR count). The monoisotopic (exact) mass is 373 g/mol. The highest BCUT2D eigenvalue weighted by Crippen LogP contribution is 2.38. The zero-order valence-electron chi connectivity index (χ0n) is 15.3. The Bertz CT molecular complexity index is 895. The predicted molar refractivity (Wildman–Crippen MR) is 99.0 cm³/mol. The van der Waals surface area contributed by atoms with Crippen molar-refractivity contribution in [1.82, 2.24) is 5.43 Å². The minimum absolute atomic E-state index is 0.0508. The van der Waals surface area contributed by atoms with Gasteiger partial charge >= 0.3 is 0 Å². The summed E-state index contributed by atoms with van der Waals surface area (Å²) in [6.07, 6.45) is 1.40. The highest BCUT2D eigenvalue weighted by molar-refractivity contribution is 5.95. The van der Waals surface area contributed by atoms with Crippen molar-refractivity contribution in [2.75, 3.05) is 21.3 Å². The molecule has 27 heavy (non-hydrogen) atoms. The second kappa shape index (κ2) is 8.65. The fourth-order valence-corrected chi connectivity index (χ4v) is 2.45. The van der Waals surface area contributed by atoms with Gasteiger partial charge in [0.2, 0.25) is 5.75 Å². The summed E-state index contributed by atoms with van der Waals surface area (Å²) in [4.78, 5) is 22.5. The van der Waals surface area contributed by atoms with E-state index in [4.69, 9.17) is 14.2 Å². The van der Waals surface area contributed by atoms with Gasteiger partial charge in [-0.15, -0.1) is 0 Å². The Kier molecular flexibility index (Phi) is 6.32. The van der Waals surface area contributed by atoms with Crippen LogP contribution in [0.4, 0.5) is 5.69 Å². The maximum atomic E-state index is 12.2. The molecule has 9 nitrogen and oxygen atoms in total. The standard InChI is InChI=1S/C18H19N3O6/c1-11-9-12(5-7-14(11)21(23)24)18(22)20-19-10-13-6-8-15(25-2)17(27-4)16(13)26-3/h5-10H,1-4H3,(H,20,22). The first-order valence-corrected chi connectivity index (χ1v) is 7.80. The summed E-state index contributed by atoms with van der Waals surface area (Å²) in [5.74, 6) is 0.808. The molecule has 1 amide bonds. The third kappa shape index (κ3) is 4.32. The highest BCUT2D eigenvalue weighted by Gasteiger charge is 2.15. The van der Waals surface area contributed by atoms with Gasteiger partial charge in [0.1, 0.15) is 0 Å². The molecule has 0 heterocycles. The van der Waals surface area contributed by atoms with Crippen LogP contribution >= 0.6 is 0 Å². The molecule has 1 N–H and O–H groups in total. The fraction of sp³-hybridized carbons (Fsp3) is 0.222. The van der Waals surface area contributed by atoms with E-state index in [0.29, 0.717) is 28.4 Å². The SMILES string of the molecule is COc1ccc(C=NNC(=O)c2ccc([N+](=O)[O-])c(C)c2)c(OC)c1OC. The Morgan fingerprint density at radius 1 is 1.11 bits per heavy atom. The van der Waals surface area contributed by atoms with Crippen molar-refractivity contribution in [2.45, 2.75) is 6.92 Å².